The zero-order chi connectivity index (χ0) is 16.2. The fourth-order valence-corrected chi connectivity index (χ4v) is 3.15. The summed E-state index contributed by atoms with van der Waals surface area (Å²) in [7, 11) is 0. The molecular formula is C19H16FNOS. The molecular weight excluding hydrogens is 309 g/mol. The van der Waals surface area contributed by atoms with Crippen molar-refractivity contribution in [3.05, 3.63) is 93.4 Å². The topological polar surface area (TPSA) is 29.1 Å². The molecule has 0 bridgehead atoms. The molecule has 0 radical (unpaired) electrons. The first-order valence-corrected chi connectivity index (χ1v) is 8.18. The lowest BCUT2D eigenvalue weighted by molar-refractivity contribution is 0.0943. The maximum Gasteiger partial charge on any atom is 0.252 e. The molecule has 0 aliphatic rings. The molecule has 116 valence electrons. The van der Waals surface area contributed by atoms with Crippen molar-refractivity contribution in [2.24, 2.45) is 0 Å². The van der Waals surface area contributed by atoms with E-state index in [1.165, 1.54) is 29.8 Å². The number of halogens is 1. The van der Waals surface area contributed by atoms with Crippen molar-refractivity contribution in [3.63, 3.8) is 0 Å². The van der Waals surface area contributed by atoms with Crippen molar-refractivity contribution in [3.8, 4) is 0 Å². The number of nitrogens with one attached hydrogen (secondary N) is 1. The first-order chi connectivity index (χ1) is 11.1. The van der Waals surface area contributed by atoms with Crippen molar-refractivity contribution in [2.75, 3.05) is 0 Å². The molecule has 4 heteroatoms. The van der Waals surface area contributed by atoms with E-state index in [-0.39, 0.29) is 17.8 Å². The Hall–Kier alpha value is -2.46. The predicted octanol–water partition coefficient (Wildman–Crippen LogP) is 4.72. The molecule has 0 aliphatic carbocycles. The highest BCUT2D eigenvalue weighted by molar-refractivity contribution is 7.10. The third-order valence-corrected chi connectivity index (χ3v) is 4.56. The van der Waals surface area contributed by atoms with Crippen molar-refractivity contribution in [2.45, 2.75) is 13.0 Å². The minimum atomic E-state index is -0.352. The van der Waals surface area contributed by atoms with Gasteiger partial charge in [-0.3, -0.25) is 4.79 Å². The van der Waals surface area contributed by atoms with Crippen LogP contribution >= 0.6 is 11.3 Å². The molecule has 0 fully saturated rings. The first kappa shape index (κ1) is 15.4. The van der Waals surface area contributed by atoms with Crippen LogP contribution in [0.2, 0.25) is 0 Å². The van der Waals surface area contributed by atoms with E-state index in [0.29, 0.717) is 5.56 Å². The standard InChI is InChI=1S/C19H16FNOS/c1-13-4-6-14(7-5-13)18(17-3-2-12-23-17)21-19(22)15-8-10-16(20)11-9-15/h2-12,18H,1H3,(H,21,22)/t18-/m0/s1. The highest BCUT2D eigenvalue weighted by Crippen LogP contribution is 2.26. The molecule has 0 saturated carbocycles. The molecule has 0 unspecified atom stereocenters. The second kappa shape index (κ2) is 6.75. The fraction of sp³-hybridized carbons (Fsp3) is 0.105. The van der Waals surface area contributed by atoms with Gasteiger partial charge in [-0.15, -0.1) is 11.3 Å². The molecule has 0 spiro atoms. The lowest BCUT2D eigenvalue weighted by atomic mass is 10.0. The second-order valence-electron chi connectivity index (χ2n) is 5.34. The van der Waals surface area contributed by atoms with Crippen LogP contribution in [0.25, 0.3) is 0 Å². The van der Waals surface area contributed by atoms with Gasteiger partial charge < -0.3 is 5.32 Å². The van der Waals surface area contributed by atoms with E-state index in [1.807, 2.05) is 48.7 Å². The van der Waals surface area contributed by atoms with Crippen LogP contribution in [-0.4, -0.2) is 5.91 Å². The molecule has 0 saturated heterocycles. The minimum Gasteiger partial charge on any atom is -0.340 e. The quantitative estimate of drug-likeness (QED) is 0.739. The molecule has 1 atom stereocenters. The van der Waals surface area contributed by atoms with E-state index >= 15 is 0 Å². The zero-order valence-corrected chi connectivity index (χ0v) is 13.4. The van der Waals surface area contributed by atoms with Crippen molar-refractivity contribution < 1.29 is 9.18 Å². The summed E-state index contributed by atoms with van der Waals surface area (Å²) >= 11 is 1.59. The van der Waals surface area contributed by atoms with Gasteiger partial charge in [-0.25, -0.2) is 4.39 Å². The minimum absolute atomic E-state index is 0.215. The normalized spacial score (nSPS) is 11.9. The Balaban J connectivity index is 1.88. The van der Waals surface area contributed by atoms with Crippen molar-refractivity contribution >= 4 is 17.2 Å². The Kier molecular flexibility index (Phi) is 4.53. The molecule has 1 N–H and O–H groups in total. The van der Waals surface area contributed by atoms with Gasteiger partial charge >= 0.3 is 0 Å². The van der Waals surface area contributed by atoms with Gasteiger partial charge in [0.15, 0.2) is 0 Å². The lowest BCUT2D eigenvalue weighted by Gasteiger charge is -2.18. The Morgan fingerprint density at radius 2 is 1.74 bits per heavy atom. The highest BCUT2D eigenvalue weighted by atomic mass is 32.1. The summed E-state index contributed by atoms with van der Waals surface area (Å²) in [5, 5.41) is 5.03. The molecule has 2 aromatic carbocycles. The van der Waals surface area contributed by atoms with Crippen molar-refractivity contribution in [1.82, 2.24) is 5.32 Å². The summed E-state index contributed by atoms with van der Waals surface area (Å²) in [6, 6.07) is 17.4. The molecule has 3 aromatic rings. The summed E-state index contributed by atoms with van der Waals surface area (Å²) in [6.07, 6.45) is 0. The van der Waals surface area contributed by atoms with Gasteiger partial charge in [-0.2, -0.15) is 0 Å². The van der Waals surface area contributed by atoms with Crippen LogP contribution in [0.3, 0.4) is 0 Å². The average Bonchev–Trinajstić information content (AvgIpc) is 3.08. The SMILES string of the molecule is Cc1ccc([C@H](NC(=O)c2ccc(F)cc2)c2cccs2)cc1. The summed E-state index contributed by atoms with van der Waals surface area (Å²) in [4.78, 5) is 13.5. The van der Waals surface area contributed by atoms with E-state index in [2.05, 4.69) is 5.32 Å². The highest BCUT2D eigenvalue weighted by Gasteiger charge is 2.18. The zero-order valence-electron chi connectivity index (χ0n) is 12.6. The van der Waals surface area contributed by atoms with E-state index in [4.69, 9.17) is 0 Å². The van der Waals surface area contributed by atoms with E-state index in [1.54, 1.807) is 11.3 Å². The summed E-state index contributed by atoms with van der Waals surface area (Å²) in [5.74, 6) is -0.570. The number of hydrogen-bond donors (Lipinski definition) is 1. The van der Waals surface area contributed by atoms with Gasteiger partial charge in [0.25, 0.3) is 5.91 Å². The van der Waals surface area contributed by atoms with E-state index < -0.39 is 0 Å². The summed E-state index contributed by atoms with van der Waals surface area (Å²) in [6.45, 7) is 2.03. The number of benzene rings is 2. The monoisotopic (exact) mass is 325 g/mol. The Labute approximate surface area is 138 Å². The van der Waals surface area contributed by atoms with Crippen LogP contribution in [0.5, 0.6) is 0 Å². The lowest BCUT2D eigenvalue weighted by Crippen LogP contribution is -2.28. The summed E-state index contributed by atoms with van der Waals surface area (Å²) in [5.41, 5.74) is 2.64. The molecule has 1 heterocycles. The molecule has 2 nitrogen and oxygen atoms in total. The maximum atomic E-state index is 13.0. The van der Waals surface area contributed by atoms with E-state index in [0.717, 1.165) is 10.4 Å². The molecule has 1 amide bonds. The van der Waals surface area contributed by atoms with Crippen LogP contribution in [0, 0.1) is 12.7 Å². The molecule has 0 aliphatic heterocycles. The Morgan fingerprint density at radius 3 is 2.35 bits per heavy atom. The van der Waals surface area contributed by atoms with Gasteiger partial charge in [0, 0.05) is 10.4 Å². The van der Waals surface area contributed by atoms with Gasteiger partial charge in [0.1, 0.15) is 5.82 Å². The third kappa shape index (κ3) is 3.66. The maximum absolute atomic E-state index is 13.0. The largest absolute Gasteiger partial charge is 0.340 e. The number of aryl methyl sites for hydroxylation is 1. The van der Waals surface area contributed by atoms with Crippen LogP contribution < -0.4 is 5.32 Å². The Morgan fingerprint density at radius 1 is 1.04 bits per heavy atom. The number of rotatable bonds is 4. The molecule has 23 heavy (non-hydrogen) atoms. The third-order valence-electron chi connectivity index (χ3n) is 3.62. The van der Waals surface area contributed by atoms with Crippen molar-refractivity contribution in [1.29, 1.82) is 0 Å². The first-order valence-electron chi connectivity index (χ1n) is 7.30. The number of thiophene rings is 1. The molecule has 3 rings (SSSR count). The van der Waals surface area contributed by atoms with Gasteiger partial charge in [-0.1, -0.05) is 35.9 Å². The van der Waals surface area contributed by atoms with Crippen LogP contribution in [-0.2, 0) is 0 Å². The fourth-order valence-electron chi connectivity index (χ4n) is 2.35. The van der Waals surface area contributed by atoms with Crippen LogP contribution in [0.4, 0.5) is 4.39 Å². The smallest absolute Gasteiger partial charge is 0.252 e. The number of carbonyl (C=O) groups excluding carboxylic acids is 1. The second-order valence-corrected chi connectivity index (χ2v) is 6.32. The molecule has 1 aromatic heterocycles. The van der Waals surface area contributed by atoms with Crippen LogP contribution in [0.1, 0.15) is 32.4 Å². The van der Waals surface area contributed by atoms with Gasteiger partial charge in [0.05, 0.1) is 6.04 Å². The Bertz CT molecular complexity index is 779. The van der Waals surface area contributed by atoms with E-state index in [9.17, 15) is 9.18 Å². The number of carbonyl (C=O) groups is 1. The summed E-state index contributed by atoms with van der Waals surface area (Å²) < 4.78 is 13.0. The predicted molar refractivity (Wildman–Crippen MR) is 91.2 cm³/mol. The number of amides is 1. The number of hydrogen-bond acceptors (Lipinski definition) is 2. The van der Waals surface area contributed by atoms with Gasteiger partial charge in [-0.05, 0) is 48.2 Å². The van der Waals surface area contributed by atoms with Gasteiger partial charge in [0.2, 0.25) is 0 Å². The average molecular weight is 325 g/mol. The van der Waals surface area contributed by atoms with Crippen LogP contribution in [0.15, 0.2) is 66.0 Å².